The van der Waals surface area contributed by atoms with Crippen LogP contribution >= 0.6 is 0 Å². The summed E-state index contributed by atoms with van der Waals surface area (Å²) in [5.41, 5.74) is 4.85. The number of para-hydroxylation sites is 2. The van der Waals surface area contributed by atoms with Gasteiger partial charge in [-0.2, -0.15) is 0 Å². The number of sulfonamides is 1. The van der Waals surface area contributed by atoms with E-state index in [1.165, 1.54) is 0 Å². The minimum absolute atomic E-state index is 0.232. The molecular formula is C23H19N3O2S. The fourth-order valence-corrected chi connectivity index (χ4v) is 4.90. The number of fused-ring (bicyclic) bond motifs is 4. The van der Waals surface area contributed by atoms with Crippen molar-refractivity contribution in [1.29, 1.82) is 0 Å². The average Bonchev–Trinajstić information content (AvgIpc) is 3.00. The van der Waals surface area contributed by atoms with Crippen molar-refractivity contribution in [3.8, 4) is 0 Å². The summed E-state index contributed by atoms with van der Waals surface area (Å²) < 4.78 is 31.2. The smallest absolute Gasteiger partial charge is 0.261 e. The average molecular weight is 401 g/mol. The third kappa shape index (κ3) is 2.76. The zero-order valence-corrected chi connectivity index (χ0v) is 16.9. The second-order valence-corrected chi connectivity index (χ2v) is 8.88. The number of hydrogen-bond donors (Lipinski definition) is 1. The zero-order chi connectivity index (χ0) is 20.2. The highest BCUT2D eigenvalue weighted by atomic mass is 32.2. The van der Waals surface area contributed by atoms with Crippen molar-refractivity contribution >= 4 is 48.5 Å². The fourth-order valence-electron chi connectivity index (χ4n) is 3.82. The minimum Gasteiger partial charge on any atom is -0.341 e. The summed E-state index contributed by atoms with van der Waals surface area (Å²) in [5.74, 6) is 0. The summed E-state index contributed by atoms with van der Waals surface area (Å²) in [5, 5.41) is 1.76. The first-order valence-corrected chi connectivity index (χ1v) is 10.8. The number of nitrogens with zero attached hydrogens (tertiary/aromatic N) is 2. The number of pyridine rings is 1. The first-order chi connectivity index (χ1) is 14.0. The van der Waals surface area contributed by atoms with Crippen LogP contribution in [0.4, 0.5) is 5.69 Å². The normalized spacial score (nSPS) is 12.1. The van der Waals surface area contributed by atoms with Gasteiger partial charge in [-0.25, -0.2) is 13.4 Å². The highest BCUT2D eigenvalue weighted by Gasteiger charge is 2.21. The number of benzene rings is 3. The van der Waals surface area contributed by atoms with Gasteiger partial charge in [0.25, 0.3) is 10.0 Å². The molecule has 0 saturated heterocycles. The van der Waals surface area contributed by atoms with Gasteiger partial charge in [0, 0.05) is 17.8 Å². The monoisotopic (exact) mass is 401 g/mol. The topological polar surface area (TPSA) is 64.0 Å². The molecule has 0 aliphatic rings. The SMILES string of the molecule is Cc1ccc(S(=O)(=O)Nc2c3ccccc3nc3c4ccccc4n(C)c23)cc1. The summed E-state index contributed by atoms with van der Waals surface area (Å²) in [6.07, 6.45) is 0. The molecule has 0 atom stereocenters. The largest absolute Gasteiger partial charge is 0.341 e. The number of rotatable bonds is 3. The van der Waals surface area contributed by atoms with E-state index >= 15 is 0 Å². The van der Waals surface area contributed by atoms with Gasteiger partial charge in [0.1, 0.15) is 0 Å². The second-order valence-electron chi connectivity index (χ2n) is 7.20. The Kier molecular flexibility index (Phi) is 3.86. The van der Waals surface area contributed by atoms with E-state index in [-0.39, 0.29) is 4.90 Å². The molecule has 6 heteroatoms. The van der Waals surface area contributed by atoms with E-state index in [0.717, 1.165) is 38.4 Å². The standard InChI is InChI=1S/C23H19N3O2S/c1-15-11-13-16(14-12-15)29(27,28)25-22-17-7-3-5-9-19(17)24-21-18-8-4-6-10-20(18)26(2)23(21)22/h3-14H,1-2H3,(H,24,25). The molecule has 0 spiro atoms. The molecule has 0 fully saturated rings. The molecule has 5 nitrogen and oxygen atoms in total. The van der Waals surface area contributed by atoms with Crippen LogP contribution in [0.3, 0.4) is 0 Å². The molecule has 2 heterocycles. The Balaban J connectivity index is 1.84. The summed E-state index contributed by atoms with van der Waals surface area (Å²) in [7, 11) is -1.82. The zero-order valence-electron chi connectivity index (χ0n) is 16.0. The molecule has 3 aromatic carbocycles. The van der Waals surface area contributed by atoms with E-state index < -0.39 is 10.0 Å². The van der Waals surface area contributed by atoms with Gasteiger partial charge in [-0.15, -0.1) is 0 Å². The predicted molar refractivity (Wildman–Crippen MR) is 118 cm³/mol. The maximum Gasteiger partial charge on any atom is 0.261 e. The molecule has 0 aliphatic carbocycles. The molecule has 1 N–H and O–H groups in total. The molecular weight excluding hydrogens is 382 g/mol. The van der Waals surface area contributed by atoms with Crippen molar-refractivity contribution < 1.29 is 8.42 Å². The lowest BCUT2D eigenvalue weighted by Crippen LogP contribution is -2.14. The van der Waals surface area contributed by atoms with Gasteiger partial charge < -0.3 is 4.57 Å². The Labute approximate surface area is 168 Å². The molecule has 0 radical (unpaired) electrons. The quantitative estimate of drug-likeness (QED) is 0.463. The van der Waals surface area contributed by atoms with E-state index in [1.54, 1.807) is 24.3 Å². The van der Waals surface area contributed by atoms with Crippen molar-refractivity contribution in [3.05, 3.63) is 78.4 Å². The van der Waals surface area contributed by atoms with Gasteiger partial charge >= 0.3 is 0 Å². The molecule has 0 bridgehead atoms. The van der Waals surface area contributed by atoms with Crippen molar-refractivity contribution in [2.24, 2.45) is 7.05 Å². The van der Waals surface area contributed by atoms with Crippen LogP contribution in [-0.4, -0.2) is 18.0 Å². The number of aryl methyl sites for hydroxylation is 2. The van der Waals surface area contributed by atoms with Gasteiger partial charge in [0.15, 0.2) is 0 Å². The lowest BCUT2D eigenvalue weighted by molar-refractivity contribution is 0.601. The van der Waals surface area contributed by atoms with Gasteiger partial charge in [0.2, 0.25) is 0 Å². The third-order valence-corrected chi connectivity index (χ3v) is 6.66. The van der Waals surface area contributed by atoms with Crippen molar-refractivity contribution in [2.45, 2.75) is 11.8 Å². The van der Waals surface area contributed by atoms with Crippen LogP contribution in [0.1, 0.15) is 5.56 Å². The number of nitrogens with one attached hydrogen (secondary N) is 1. The Morgan fingerprint density at radius 1 is 0.862 bits per heavy atom. The summed E-state index contributed by atoms with van der Waals surface area (Å²) in [6.45, 7) is 1.93. The molecule has 5 rings (SSSR count). The van der Waals surface area contributed by atoms with Crippen molar-refractivity contribution in [1.82, 2.24) is 9.55 Å². The number of hydrogen-bond acceptors (Lipinski definition) is 3. The van der Waals surface area contributed by atoms with E-state index in [2.05, 4.69) is 4.72 Å². The van der Waals surface area contributed by atoms with Gasteiger partial charge in [-0.05, 0) is 31.2 Å². The highest BCUT2D eigenvalue weighted by Crippen LogP contribution is 2.37. The third-order valence-electron chi connectivity index (χ3n) is 5.29. The van der Waals surface area contributed by atoms with E-state index in [0.29, 0.717) is 5.69 Å². The Bertz CT molecular complexity index is 1500. The molecule has 29 heavy (non-hydrogen) atoms. The minimum atomic E-state index is -3.76. The number of anilines is 1. The lowest BCUT2D eigenvalue weighted by Gasteiger charge is -2.13. The van der Waals surface area contributed by atoms with E-state index in [1.807, 2.05) is 67.1 Å². The van der Waals surface area contributed by atoms with Crippen LogP contribution in [0.25, 0.3) is 32.8 Å². The number of aromatic nitrogens is 2. The Morgan fingerprint density at radius 2 is 1.52 bits per heavy atom. The van der Waals surface area contributed by atoms with Crippen molar-refractivity contribution in [3.63, 3.8) is 0 Å². The highest BCUT2D eigenvalue weighted by molar-refractivity contribution is 7.92. The van der Waals surface area contributed by atoms with Gasteiger partial charge in [-0.3, -0.25) is 4.72 Å². The molecule has 0 amide bonds. The lowest BCUT2D eigenvalue weighted by atomic mass is 10.1. The van der Waals surface area contributed by atoms with Crippen LogP contribution < -0.4 is 4.72 Å². The van der Waals surface area contributed by atoms with Crippen LogP contribution in [-0.2, 0) is 17.1 Å². The van der Waals surface area contributed by atoms with E-state index in [9.17, 15) is 8.42 Å². The molecule has 0 saturated carbocycles. The first kappa shape index (κ1) is 17.7. The predicted octanol–water partition coefficient (Wildman–Crippen LogP) is 4.99. The maximum absolute atomic E-state index is 13.2. The molecule has 5 aromatic rings. The first-order valence-electron chi connectivity index (χ1n) is 9.31. The van der Waals surface area contributed by atoms with Crippen LogP contribution in [0.15, 0.2) is 77.7 Å². The van der Waals surface area contributed by atoms with Crippen molar-refractivity contribution in [2.75, 3.05) is 4.72 Å². The van der Waals surface area contributed by atoms with Gasteiger partial charge in [0.05, 0.1) is 32.6 Å². The van der Waals surface area contributed by atoms with Crippen LogP contribution in [0.2, 0.25) is 0 Å². The second kappa shape index (κ2) is 6.32. The molecule has 2 aromatic heterocycles. The fraction of sp³-hybridized carbons (Fsp3) is 0.0870. The Morgan fingerprint density at radius 3 is 2.28 bits per heavy atom. The molecule has 0 unspecified atom stereocenters. The maximum atomic E-state index is 13.2. The van der Waals surface area contributed by atoms with E-state index in [4.69, 9.17) is 4.98 Å². The molecule has 0 aliphatic heterocycles. The van der Waals surface area contributed by atoms with Crippen LogP contribution in [0.5, 0.6) is 0 Å². The summed E-state index contributed by atoms with van der Waals surface area (Å²) in [6, 6.07) is 22.4. The Hall–Kier alpha value is -3.38. The summed E-state index contributed by atoms with van der Waals surface area (Å²) >= 11 is 0. The summed E-state index contributed by atoms with van der Waals surface area (Å²) in [4.78, 5) is 5.08. The molecule has 144 valence electrons. The van der Waals surface area contributed by atoms with Crippen LogP contribution in [0, 0.1) is 6.92 Å². The van der Waals surface area contributed by atoms with Gasteiger partial charge in [-0.1, -0.05) is 54.1 Å².